The summed E-state index contributed by atoms with van der Waals surface area (Å²) in [7, 11) is 0. The Bertz CT molecular complexity index is 1340. The van der Waals surface area contributed by atoms with E-state index in [2.05, 4.69) is 30.5 Å². The lowest BCUT2D eigenvalue weighted by atomic mass is 10.1. The second-order valence-corrected chi connectivity index (χ2v) is 7.36. The molecule has 0 saturated carbocycles. The number of rotatable bonds is 5. The Morgan fingerprint density at radius 2 is 2.03 bits per heavy atom. The number of halogens is 3. The minimum absolute atomic E-state index is 0.00229. The van der Waals surface area contributed by atoms with Crippen molar-refractivity contribution in [1.29, 1.82) is 0 Å². The number of fused-ring (bicyclic) bond motifs is 1. The highest BCUT2D eigenvalue weighted by molar-refractivity contribution is 6.35. The molecule has 0 amide bonds. The Kier molecular flexibility index (Phi) is 5.38. The Hall–Kier alpha value is -3.44. The molecular weight excluding hydrogens is 448 g/mol. The van der Waals surface area contributed by atoms with E-state index in [1.165, 1.54) is 10.8 Å². The van der Waals surface area contributed by atoms with E-state index >= 15 is 0 Å². The standard InChI is InChI=1S/C18H16Cl2FN9O/c1-2-10(25-15-12(20)14(22)27-18(23)28-15)16-26-13-8(5-7(21)6-9(13)19)17(31)30(16)11-3-4-24-29-11/h3-6,10H,2H2,1H3,(H,24,29)(H5,22,23,25,27,28)/t10-/m0/s1. The van der Waals surface area contributed by atoms with Crippen molar-refractivity contribution in [1.82, 2.24) is 29.7 Å². The van der Waals surface area contributed by atoms with Gasteiger partial charge in [0.15, 0.2) is 5.82 Å². The van der Waals surface area contributed by atoms with E-state index in [4.69, 9.17) is 34.7 Å². The molecule has 0 aliphatic heterocycles. The molecule has 31 heavy (non-hydrogen) atoms. The average molecular weight is 464 g/mol. The van der Waals surface area contributed by atoms with Crippen LogP contribution >= 0.6 is 23.2 Å². The quantitative estimate of drug-likeness (QED) is 0.352. The van der Waals surface area contributed by atoms with Crippen LogP contribution < -0.4 is 22.3 Å². The van der Waals surface area contributed by atoms with E-state index in [0.717, 1.165) is 12.1 Å². The summed E-state index contributed by atoms with van der Waals surface area (Å²) in [6.07, 6.45) is 1.93. The van der Waals surface area contributed by atoms with Gasteiger partial charge in [-0.25, -0.2) is 13.9 Å². The van der Waals surface area contributed by atoms with Gasteiger partial charge < -0.3 is 16.8 Å². The fourth-order valence-corrected chi connectivity index (χ4v) is 3.55. The highest BCUT2D eigenvalue weighted by Crippen LogP contribution is 2.31. The largest absolute Gasteiger partial charge is 0.382 e. The Labute approximate surface area is 184 Å². The molecule has 0 aliphatic rings. The number of nitrogen functional groups attached to an aromatic ring is 2. The predicted octanol–water partition coefficient (Wildman–Crippen LogP) is 3.07. The molecule has 160 valence electrons. The molecule has 0 fully saturated rings. The maximum absolute atomic E-state index is 13.9. The van der Waals surface area contributed by atoms with Crippen LogP contribution in [-0.4, -0.2) is 29.7 Å². The van der Waals surface area contributed by atoms with E-state index in [0.29, 0.717) is 12.2 Å². The zero-order valence-corrected chi connectivity index (χ0v) is 17.5. The number of anilines is 3. The van der Waals surface area contributed by atoms with E-state index in [9.17, 15) is 9.18 Å². The Morgan fingerprint density at radius 3 is 2.71 bits per heavy atom. The fourth-order valence-electron chi connectivity index (χ4n) is 3.16. The summed E-state index contributed by atoms with van der Waals surface area (Å²) in [5.74, 6) is 0.0588. The third kappa shape index (κ3) is 3.73. The second-order valence-electron chi connectivity index (χ2n) is 6.57. The average Bonchev–Trinajstić information content (AvgIpc) is 3.24. The minimum Gasteiger partial charge on any atom is -0.382 e. The summed E-state index contributed by atoms with van der Waals surface area (Å²) >= 11 is 12.4. The number of nitrogens with two attached hydrogens (primary N) is 2. The summed E-state index contributed by atoms with van der Waals surface area (Å²) in [5, 5.41) is 9.83. The molecule has 0 aliphatic carbocycles. The molecule has 1 atom stereocenters. The van der Waals surface area contributed by atoms with Crippen LogP contribution in [0, 0.1) is 5.82 Å². The Balaban J connectivity index is 1.97. The van der Waals surface area contributed by atoms with Gasteiger partial charge in [-0.1, -0.05) is 30.1 Å². The molecule has 0 saturated heterocycles. The first-order valence-electron chi connectivity index (χ1n) is 9.06. The van der Waals surface area contributed by atoms with Gasteiger partial charge in [-0.15, -0.1) is 0 Å². The molecule has 1 aromatic carbocycles. The molecule has 0 unspecified atom stereocenters. The van der Waals surface area contributed by atoms with Crippen molar-refractivity contribution >= 4 is 51.7 Å². The van der Waals surface area contributed by atoms with Gasteiger partial charge in [0.05, 0.1) is 28.2 Å². The van der Waals surface area contributed by atoms with Crippen molar-refractivity contribution in [2.75, 3.05) is 16.8 Å². The number of aromatic amines is 1. The number of hydrogen-bond donors (Lipinski definition) is 4. The van der Waals surface area contributed by atoms with Gasteiger partial charge in [0, 0.05) is 6.07 Å². The van der Waals surface area contributed by atoms with E-state index in [-0.39, 0.29) is 44.4 Å². The van der Waals surface area contributed by atoms with Crippen LogP contribution in [-0.2, 0) is 0 Å². The molecule has 3 aromatic heterocycles. The molecular formula is C18H16Cl2FN9O. The van der Waals surface area contributed by atoms with Gasteiger partial charge in [-0.05, 0) is 18.6 Å². The smallest absolute Gasteiger partial charge is 0.267 e. The summed E-state index contributed by atoms with van der Waals surface area (Å²) in [5.41, 5.74) is 11.1. The van der Waals surface area contributed by atoms with Crippen molar-refractivity contribution in [3.05, 3.63) is 56.4 Å². The van der Waals surface area contributed by atoms with E-state index in [1.807, 2.05) is 6.92 Å². The van der Waals surface area contributed by atoms with Gasteiger partial charge in [0.25, 0.3) is 5.56 Å². The monoisotopic (exact) mass is 463 g/mol. The molecule has 13 heteroatoms. The van der Waals surface area contributed by atoms with Gasteiger partial charge >= 0.3 is 0 Å². The van der Waals surface area contributed by atoms with Gasteiger partial charge in [0.2, 0.25) is 5.95 Å². The predicted molar refractivity (Wildman–Crippen MR) is 117 cm³/mol. The number of nitrogens with zero attached hydrogens (tertiary/aromatic N) is 5. The Morgan fingerprint density at radius 1 is 1.26 bits per heavy atom. The van der Waals surface area contributed by atoms with Crippen molar-refractivity contribution in [3.8, 4) is 5.82 Å². The van der Waals surface area contributed by atoms with Crippen LogP contribution in [0.25, 0.3) is 16.7 Å². The zero-order valence-electron chi connectivity index (χ0n) is 16.0. The van der Waals surface area contributed by atoms with Crippen LogP contribution in [0.2, 0.25) is 10.0 Å². The SMILES string of the molecule is CC[C@H](Nc1nc(N)nc(N)c1Cl)c1nc2c(Cl)cc(F)cc2c(=O)n1-c1ccn[nH]1. The molecule has 3 heterocycles. The van der Waals surface area contributed by atoms with Crippen LogP contribution in [0.1, 0.15) is 25.2 Å². The lowest BCUT2D eigenvalue weighted by Gasteiger charge is -2.22. The lowest BCUT2D eigenvalue weighted by Crippen LogP contribution is -2.29. The number of nitrogens with one attached hydrogen (secondary N) is 2. The van der Waals surface area contributed by atoms with Crippen LogP contribution in [0.3, 0.4) is 0 Å². The van der Waals surface area contributed by atoms with Crippen molar-refractivity contribution < 1.29 is 4.39 Å². The maximum Gasteiger partial charge on any atom is 0.267 e. The number of H-pyrrole nitrogens is 1. The lowest BCUT2D eigenvalue weighted by molar-refractivity contribution is 0.627. The fraction of sp³-hybridized carbons (Fsp3) is 0.167. The molecule has 0 bridgehead atoms. The highest BCUT2D eigenvalue weighted by Gasteiger charge is 2.24. The minimum atomic E-state index is -0.649. The van der Waals surface area contributed by atoms with Crippen molar-refractivity contribution in [2.45, 2.75) is 19.4 Å². The van der Waals surface area contributed by atoms with Crippen molar-refractivity contribution in [2.24, 2.45) is 0 Å². The first-order chi connectivity index (χ1) is 14.8. The van der Waals surface area contributed by atoms with E-state index < -0.39 is 17.4 Å². The molecule has 10 nitrogen and oxygen atoms in total. The summed E-state index contributed by atoms with van der Waals surface area (Å²) in [4.78, 5) is 25.8. The summed E-state index contributed by atoms with van der Waals surface area (Å²) < 4.78 is 15.2. The number of benzene rings is 1. The normalized spacial score (nSPS) is 12.3. The van der Waals surface area contributed by atoms with Gasteiger partial charge in [-0.2, -0.15) is 15.1 Å². The third-order valence-electron chi connectivity index (χ3n) is 4.57. The third-order valence-corrected chi connectivity index (χ3v) is 5.23. The van der Waals surface area contributed by atoms with Gasteiger partial charge in [0.1, 0.15) is 28.3 Å². The molecule has 4 rings (SSSR count). The highest BCUT2D eigenvalue weighted by atomic mass is 35.5. The summed E-state index contributed by atoms with van der Waals surface area (Å²) in [6, 6.07) is 3.18. The first-order valence-corrected chi connectivity index (χ1v) is 9.82. The summed E-state index contributed by atoms with van der Waals surface area (Å²) in [6.45, 7) is 1.86. The van der Waals surface area contributed by atoms with Crippen LogP contribution in [0.5, 0.6) is 0 Å². The molecule has 6 N–H and O–H groups in total. The molecule has 4 aromatic rings. The number of aromatic nitrogens is 6. The van der Waals surface area contributed by atoms with Crippen LogP contribution in [0.4, 0.5) is 22.0 Å². The van der Waals surface area contributed by atoms with Crippen molar-refractivity contribution in [3.63, 3.8) is 0 Å². The zero-order chi connectivity index (χ0) is 22.3. The molecule has 0 spiro atoms. The first kappa shape index (κ1) is 20.8. The maximum atomic E-state index is 13.9. The van der Waals surface area contributed by atoms with Gasteiger partial charge in [-0.3, -0.25) is 9.89 Å². The molecule has 0 radical (unpaired) electrons. The van der Waals surface area contributed by atoms with Crippen LogP contribution in [0.15, 0.2) is 29.2 Å². The second kappa shape index (κ2) is 8.00. The number of hydrogen-bond acceptors (Lipinski definition) is 8. The topological polar surface area (TPSA) is 153 Å². The van der Waals surface area contributed by atoms with E-state index in [1.54, 1.807) is 6.07 Å².